The molecule has 54 valence electrons. The highest BCUT2D eigenvalue weighted by molar-refractivity contribution is 4.72. The van der Waals surface area contributed by atoms with E-state index in [0.717, 1.165) is 0 Å². The Bertz CT molecular complexity index is 68.6. The molecule has 0 aromatic carbocycles. The van der Waals surface area contributed by atoms with E-state index in [1.807, 2.05) is 26.0 Å². The Labute approximate surface area is 57.1 Å². The number of alkyl halides is 1. The standard InChI is InChI=1S/C4H7F.C4H8/c1-3-4(2)5;1-3-4-2/h3-4H,1H2,2H3;3-4H,1-2H3/b;4-3+. The smallest absolute Gasteiger partial charge is 0.115 e. The highest BCUT2D eigenvalue weighted by atomic mass is 19.1. The second-order valence-corrected chi connectivity index (χ2v) is 1.58. The first-order valence-electron chi connectivity index (χ1n) is 3.03. The van der Waals surface area contributed by atoms with Crippen LogP contribution in [0.5, 0.6) is 0 Å². The fraction of sp³-hybridized carbons (Fsp3) is 0.500. The van der Waals surface area contributed by atoms with Gasteiger partial charge in [0.1, 0.15) is 6.17 Å². The lowest BCUT2D eigenvalue weighted by molar-refractivity contribution is 0.431. The molecule has 0 heterocycles. The van der Waals surface area contributed by atoms with E-state index in [-0.39, 0.29) is 0 Å². The summed E-state index contributed by atoms with van der Waals surface area (Å²) in [5.41, 5.74) is 0. The highest BCUT2D eigenvalue weighted by Crippen LogP contribution is 1.83. The Morgan fingerprint density at radius 3 is 1.56 bits per heavy atom. The third kappa shape index (κ3) is 37.3. The number of allylic oxidation sites excluding steroid dienone is 3. The van der Waals surface area contributed by atoms with Crippen molar-refractivity contribution in [2.45, 2.75) is 26.9 Å². The zero-order valence-corrected chi connectivity index (χ0v) is 6.39. The van der Waals surface area contributed by atoms with Crippen LogP contribution in [0.4, 0.5) is 4.39 Å². The molecule has 0 aliphatic heterocycles. The van der Waals surface area contributed by atoms with Crippen molar-refractivity contribution in [1.82, 2.24) is 0 Å². The Hall–Kier alpha value is -0.590. The molecule has 0 amide bonds. The number of halogens is 1. The molecule has 0 spiro atoms. The molecule has 0 radical (unpaired) electrons. The van der Waals surface area contributed by atoms with Crippen LogP contribution in [0.3, 0.4) is 0 Å². The molecule has 0 saturated carbocycles. The molecule has 0 nitrogen and oxygen atoms in total. The van der Waals surface area contributed by atoms with E-state index >= 15 is 0 Å². The first-order valence-corrected chi connectivity index (χ1v) is 3.03. The number of hydrogen-bond donors (Lipinski definition) is 0. The van der Waals surface area contributed by atoms with Gasteiger partial charge in [-0.2, -0.15) is 0 Å². The lowest BCUT2D eigenvalue weighted by atomic mass is 10.4. The summed E-state index contributed by atoms with van der Waals surface area (Å²) in [5, 5.41) is 0. The molecular formula is C8H15F. The quantitative estimate of drug-likeness (QED) is 0.478. The molecule has 1 atom stereocenters. The minimum Gasteiger partial charge on any atom is -0.243 e. The summed E-state index contributed by atoms with van der Waals surface area (Å²) in [6.45, 7) is 8.62. The average molecular weight is 130 g/mol. The monoisotopic (exact) mass is 130 g/mol. The molecule has 1 unspecified atom stereocenters. The molecule has 0 aromatic heterocycles. The van der Waals surface area contributed by atoms with E-state index in [1.54, 1.807) is 0 Å². The maximum Gasteiger partial charge on any atom is 0.115 e. The molecule has 9 heavy (non-hydrogen) atoms. The van der Waals surface area contributed by atoms with E-state index in [2.05, 4.69) is 6.58 Å². The maximum atomic E-state index is 11.3. The van der Waals surface area contributed by atoms with Crippen LogP contribution in [0.1, 0.15) is 20.8 Å². The summed E-state index contributed by atoms with van der Waals surface area (Å²) >= 11 is 0. The van der Waals surface area contributed by atoms with Crippen molar-refractivity contribution in [3.8, 4) is 0 Å². The fourth-order valence-corrected chi connectivity index (χ4v) is 0. The van der Waals surface area contributed by atoms with Gasteiger partial charge in [0, 0.05) is 0 Å². The van der Waals surface area contributed by atoms with Crippen LogP contribution in [0.2, 0.25) is 0 Å². The third-order valence-electron chi connectivity index (χ3n) is 0.658. The van der Waals surface area contributed by atoms with E-state index < -0.39 is 6.17 Å². The Morgan fingerprint density at radius 2 is 1.56 bits per heavy atom. The van der Waals surface area contributed by atoms with Crippen LogP contribution in [-0.4, -0.2) is 6.17 Å². The molecule has 0 aliphatic carbocycles. The summed E-state index contributed by atoms with van der Waals surface area (Å²) < 4.78 is 11.3. The molecule has 0 bridgehead atoms. The molecule has 0 aromatic rings. The summed E-state index contributed by atoms with van der Waals surface area (Å²) in [6.07, 6.45) is 4.40. The molecule has 0 rings (SSSR count). The zero-order chi connectivity index (χ0) is 7.70. The number of hydrogen-bond acceptors (Lipinski definition) is 0. The Balaban J connectivity index is 0. The van der Waals surface area contributed by atoms with Crippen molar-refractivity contribution >= 4 is 0 Å². The fourth-order valence-electron chi connectivity index (χ4n) is 0. The van der Waals surface area contributed by atoms with Crippen LogP contribution in [0.25, 0.3) is 0 Å². The SMILES string of the molecule is C/C=C/C.C=CC(C)F. The van der Waals surface area contributed by atoms with Crippen LogP contribution in [0, 0.1) is 0 Å². The molecule has 0 aliphatic rings. The first-order chi connectivity index (χ1) is 4.18. The summed E-state index contributed by atoms with van der Waals surface area (Å²) in [7, 11) is 0. The Morgan fingerprint density at radius 1 is 1.33 bits per heavy atom. The minimum absolute atomic E-state index is 0.852. The van der Waals surface area contributed by atoms with Gasteiger partial charge in [0.05, 0.1) is 0 Å². The van der Waals surface area contributed by atoms with Gasteiger partial charge in [-0.05, 0) is 20.8 Å². The predicted octanol–water partition coefficient (Wildman–Crippen LogP) is 3.11. The van der Waals surface area contributed by atoms with Gasteiger partial charge in [0.15, 0.2) is 0 Å². The largest absolute Gasteiger partial charge is 0.243 e. The van der Waals surface area contributed by atoms with Crippen LogP contribution < -0.4 is 0 Å². The van der Waals surface area contributed by atoms with Crippen molar-refractivity contribution in [2.24, 2.45) is 0 Å². The van der Waals surface area contributed by atoms with Gasteiger partial charge >= 0.3 is 0 Å². The second-order valence-electron chi connectivity index (χ2n) is 1.58. The zero-order valence-electron chi connectivity index (χ0n) is 6.39. The van der Waals surface area contributed by atoms with Gasteiger partial charge in [-0.15, -0.1) is 6.58 Å². The number of rotatable bonds is 1. The maximum absolute atomic E-state index is 11.3. The van der Waals surface area contributed by atoms with Crippen molar-refractivity contribution in [3.05, 3.63) is 24.8 Å². The molecule has 1 heteroatoms. The molecule has 0 fully saturated rings. The average Bonchev–Trinajstić information content (AvgIpc) is 1.89. The normalized spacial score (nSPS) is 12.0. The molecule has 0 saturated heterocycles. The van der Waals surface area contributed by atoms with Gasteiger partial charge in [0.2, 0.25) is 0 Å². The van der Waals surface area contributed by atoms with Crippen molar-refractivity contribution in [1.29, 1.82) is 0 Å². The van der Waals surface area contributed by atoms with Crippen LogP contribution in [0.15, 0.2) is 24.8 Å². The van der Waals surface area contributed by atoms with Gasteiger partial charge in [-0.3, -0.25) is 0 Å². The van der Waals surface area contributed by atoms with Crippen molar-refractivity contribution in [2.75, 3.05) is 0 Å². The Kier molecular flexibility index (Phi) is 13.0. The van der Waals surface area contributed by atoms with Crippen LogP contribution >= 0.6 is 0 Å². The van der Waals surface area contributed by atoms with E-state index in [4.69, 9.17) is 0 Å². The lowest BCUT2D eigenvalue weighted by Gasteiger charge is -1.79. The third-order valence-corrected chi connectivity index (χ3v) is 0.658. The van der Waals surface area contributed by atoms with Crippen LogP contribution in [-0.2, 0) is 0 Å². The highest BCUT2D eigenvalue weighted by Gasteiger charge is 1.79. The lowest BCUT2D eigenvalue weighted by Crippen LogP contribution is -1.78. The van der Waals surface area contributed by atoms with Gasteiger partial charge in [-0.1, -0.05) is 18.2 Å². The predicted molar refractivity (Wildman–Crippen MR) is 41.3 cm³/mol. The van der Waals surface area contributed by atoms with Gasteiger partial charge < -0.3 is 0 Å². The minimum atomic E-state index is -0.852. The van der Waals surface area contributed by atoms with E-state index in [9.17, 15) is 4.39 Å². The summed E-state index contributed by atoms with van der Waals surface area (Å²) in [4.78, 5) is 0. The van der Waals surface area contributed by atoms with E-state index in [0.29, 0.717) is 0 Å². The summed E-state index contributed by atoms with van der Waals surface area (Å²) in [6, 6.07) is 0. The van der Waals surface area contributed by atoms with Crippen molar-refractivity contribution < 1.29 is 4.39 Å². The topological polar surface area (TPSA) is 0 Å². The van der Waals surface area contributed by atoms with E-state index in [1.165, 1.54) is 13.0 Å². The van der Waals surface area contributed by atoms with Crippen molar-refractivity contribution in [3.63, 3.8) is 0 Å². The molecule has 0 N–H and O–H groups in total. The molecular weight excluding hydrogens is 115 g/mol. The summed E-state index contributed by atoms with van der Waals surface area (Å²) in [5.74, 6) is 0. The van der Waals surface area contributed by atoms with Gasteiger partial charge in [-0.25, -0.2) is 4.39 Å². The van der Waals surface area contributed by atoms with Gasteiger partial charge in [0.25, 0.3) is 0 Å². The first kappa shape index (κ1) is 11.2. The second kappa shape index (κ2) is 10.4.